The predicted octanol–water partition coefficient (Wildman–Crippen LogP) is 6.35. The molecule has 0 saturated heterocycles. The molecule has 2 aromatic heterocycles. The number of carbonyl (C=O) groups excluding carboxylic acids is 2. The van der Waals surface area contributed by atoms with Crippen molar-refractivity contribution in [2.75, 3.05) is 0 Å². The Labute approximate surface area is 228 Å². The van der Waals surface area contributed by atoms with Crippen LogP contribution in [0.2, 0.25) is 0 Å². The number of hydrogen-bond acceptors (Lipinski definition) is 4. The van der Waals surface area contributed by atoms with Crippen LogP contribution in [0.25, 0.3) is 26.7 Å². The summed E-state index contributed by atoms with van der Waals surface area (Å²) < 4.78 is 7.29. The largest absolute Gasteiger partial charge is 0.444 e. The van der Waals surface area contributed by atoms with Crippen LogP contribution in [0, 0.1) is 6.57 Å². The molecule has 0 atom stereocenters. The molecule has 1 aliphatic carbocycles. The van der Waals surface area contributed by atoms with E-state index in [1.165, 1.54) is 0 Å². The van der Waals surface area contributed by atoms with Gasteiger partial charge in [-0.25, -0.2) is 4.79 Å². The third-order valence-corrected chi connectivity index (χ3v) is 7.07. The van der Waals surface area contributed by atoms with E-state index < -0.39 is 11.7 Å². The Morgan fingerprint density at radius 1 is 0.974 bits per heavy atom. The number of rotatable bonds is 5. The number of carbonyl (C=O) groups is 2. The minimum absolute atomic E-state index is 0.00460. The molecule has 1 fully saturated rings. The Kier molecular flexibility index (Phi) is 7.25. The molecule has 2 heterocycles. The lowest BCUT2D eigenvalue weighted by molar-refractivity contribution is 0.0488. The van der Waals surface area contributed by atoms with Crippen molar-refractivity contribution in [2.45, 2.75) is 70.7 Å². The highest BCUT2D eigenvalue weighted by Crippen LogP contribution is 2.27. The Morgan fingerprint density at radius 2 is 1.67 bits per heavy atom. The monoisotopic (exact) mass is 523 g/mol. The average molecular weight is 524 g/mol. The van der Waals surface area contributed by atoms with Gasteiger partial charge in [-0.05, 0) is 74.9 Å². The average Bonchev–Trinajstić information content (AvgIpc) is 3.26. The van der Waals surface area contributed by atoms with E-state index in [4.69, 9.17) is 11.3 Å². The zero-order valence-corrected chi connectivity index (χ0v) is 22.5. The third-order valence-electron chi connectivity index (χ3n) is 7.07. The van der Waals surface area contributed by atoms with Crippen LogP contribution in [0.5, 0.6) is 0 Å². The van der Waals surface area contributed by atoms with Gasteiger partial charge in [-0.3, -0.25) is 9.36 Å². The summed E-state index contributed by atoms with van der Waals surface area (Å²) in [6.07, 6.45) is 2.64. The van der Waals surface area contributed by atoms with Crippen molar-refractivity contribution in [3.05, 3.63) is 83.3 Å². The fourth-order valence-corrected chi connectivity index (χ4v) is 5.24. The van der Waals surface area contributed by atoms with Crippen molar-refractivity contribution in [3.8, 4) is 0 Å². The molecule has 0 aliphatic heterocycles. The molecule has 5 rings (SSSR count). The van der Waals surface area contributed by atoms with E-state index in [2.05, 4.69) is 44.7 Å². The molecular weight excluding hydrogens is 490 g/mol. The van der Waals surface area contributed by atoms with E-state index in [0.29, 0.717) is 23.7 Å². The minimum atomic E-state index is -0.538. The number of ether oxygens (including phenoxy) is 1. The van der Waals surface area contributed by atoms with Crippen LogP contribution in [0.15, 0.2) is 60.7 Å². The van der Waals surface area contributed by atoms with E-state index in [1.54, 1.807) is 6.07 Å². The number of fused-ring (bicyclic) bond motifs is 2. The maximum Gasteiger partial charge on any atom is 0.407 e. The summed E-state index contributed by atoms with van der Waals surface area (Å²) in [5.74, 6) is 0.128. The molecule has 8 heteroatoms. The second kappa shape index (κ2) is 10.8. The maximum atomic E-state index is 13.6. The molecule has 2 N–H and O–H groups in total. The smallest absolute Gasteiger partial charge is 0.407 e. The van der Waals surface area contributed by atoms with Gasteiger partial charge in [-0.15, -0.1) is 4.98 Å². The lowest BCUT2D eigenvalue weighted by Gasteiger charge is -2.30. The van der Waals surface area contributed by atoms with Crippen molar-refractivity contribution in [1.82, 2.24) is 20.2 Å². The standard InChI is InChI=1S/C31H33N5O3/c1-31(2,3)39-30(38)34-24-15-13-23(14-16-24)33-29(37)26-18-21-12-17-27(32-4)35-28(21)36(26)19-22-10-7-9-20-8-5-6-11-25(20)22/h5-12,17-18,23-24H,13-16,19H2,1-3H3,(H,33,37)(H,34,38). The number of nitrogens with zero attached hydrogens (tertiary/aromatic N) is 3. The Bertz CT molecular complexity index is 1560. The summed E-state index contributed by atoms with van der Waals surface area (Å²) in [5.41, 5.74) is 1.67. The highest BCUT2D eigenvalue weighted by Gasteiger charge is 2.27. The number of pyridine rings is 1. The van der Waals surface area contributed by atoms with Crippen LogP contribution in [0.4, 0.5) is 10.6 Å². The number of hydrogen-bond donors (Lipinski definition) is 2. The molecule has 4 aromatic rings. The summed E-state index contributed by atoms with van der Waals surface area (Å²) in [7, 11) is 0. The van der Waals surface area contributed by atoms with Gasteiger partial charge in [-0.1, -0.05) is 55.1 Å². The van der Waals surface area contributed by atoms with Crippen LogP contribution >= 0.6 is 0 Å². The van der Waals surface area contributed by atoms with E-state index in [1.807, 2.05) is 55.7 Å². The lowest BCUT2D eigenvalue weighted by Crippen LogP contribution is -2.45. The van der Waals surface area contributed by atoms with Gasteiger partial charge in [0.25, 0.3) is 11.7 Å². The molecule has 0 unspecified atom stereocenters. The predicted molar refractivity (Wildman–Crippen MR) is 152 cm³/mol. The van der Waals surface area contributed by atoms with Crippen molar-refractivity contribution < 1.29 is 14.3 Å². The van der Waals surface area contributed by atoms with Gasteiger partial charge < -0.3 is 20.2 Å². The molecule has 0 bridgehead atoms. The van der Waals surface area contributed by atoms with Crippen molar-refractivity contribution in [3.63, 3.8) is 0 Å². The molecule has 2 amide bonds. The zero-order valence-electron chi connectivity index (χ0n) is 22.5. The molecule has 0 radical (unpaired) electrons. The molecule has 1 saturated carbocycles. The molecule has 0 spiro atoms. The number of amides is 2. The lowest BCUT2D eigenvalue weighted by atomic mass is 9.91. The van der Waals surface area contributed by atoms with E-state index in [-0.39, 0.29) is 18.0 Å². The molecule has 39 heavy (non-hydrogen) atoms. The fraction of sp³-hybridized carbons (Fsp3) is 0.355. The zero-order chi connectivity index (χ0) is 27.6. The summed E-state index contributed by atoms with van der Waals surface area (Å²) in [4.78, 5) is 33.8. The van der Waals surface area contributed by atoms with Crippen molar-refractivity contribution in [1.29, 1.82) is 0 Å². The van der Waals surface area contributed by atoms with E-state index in [9.17, 15) is 9.59 Å². The van der Waals surface area contributed by atoms with Gasteiger partial charge in [-0.2, -0.15) is 0 Å². The molecule has 2 aromatic carbocycles. The second-order valence-corrected chi connectivity index (χ2v) is 11.1. The topological polar surface area (TPSA) is 89.6 Å². The van der Waals surface area contributed by atoms with Gasteiger partial charge in [0.1, 0.15) is 11.3 Å². The highest BCUT2D eigenvalue weighted by atomic mass is 16.6. The highest BCUT2D eigenvalue weighted by molar-refractivity contribution is 5.98. The number of nitrogens with one attached hydrogen (secondary N) is 2. The Balaban J connectivity index is 1.35. The van der Waals surface area contributed by atoms with Gasteiger partial charge in [0.15, 0.2) is 0 Å². The van der Waals surface area contributed by atoms with Gasteiger partial charge >= 0.3 is 6.09 Å². The molecule has 1 aliphatic rings. The van der Waals surface area contributed by atoms with E-state index in [0.717, 1.165) is 47.4 Å². The summed E-state index contributed by atoms with van der Waals surface area (Å²) >= 11 is 0. The van der Waals surface area contributed by atoms with Crippen molar-refractivity contribution >= 4 is 39.6 Å². The Hall–Kier alpha value is -4.38. The first-order valence-electron chi connectivity index (χ1n) is 13.3. The summed E-state index contributed by atoms with van der Waals surface area (Å²) in [6, 6.07) is 19.7. The quantitative estimate of drug-likeness (QED) is 0.298. The summed E-state index contributed by atoms with van der Waals surface area (Å²) in [5, 5.41) is 9.22. The molecular formula is C31H33N5O3. The SMILES string of the molecule is [C-]#[N+]c1ccc2cc(C(=O)NC3CCC(NC(=O)OC(C)(C)C)CC3)n(Cc3cccc4ccccc34)c2n1. The summed E-state index contributed by atoms with van der Waals surface area (Å²) in [6.45, 7) is 13.4. The van der Waals surface area contributed by atoms with Gasteiger partial charge in [0.2, 0.25) is 5.65 Å². The van der Waals surface area contributed by atoms with Gasteiger partial charge in [0.05, 0.1) is 6.54 Å². The van der Waals surface area contributed by atoms with Crippen LogP contribution in [-0.2, 0) is 11.3 Å². The van der Waals surface area contributed by atoms with Crippen LogP contribution in [0.1, 0.15) is 62.5 Å². The van der Waals surface area contributed by atoms with Gasteiger partial charge in [0, 0.05) is 17.5 Å². The first-order chi connectivity index (χ1) is 18.7. The number of benzene rings is 2. The first-order valence-corrected chi connectivity index (χ1v) is 13.3. The van der Waals surface area contributed by atoms with Crippen LogP contribution < -0.4 is 10.6 Å². The van der Waals surface area contributed by atoms with E-state index >= 15 is 0 Å². The maximum absolute atomic E-state index is 13.6. The minimum Gasteiger partial charge on any atom is -0.444 e. The second-order valence-electron chi connectivity index (χ2n) is 11.1. The Morgan fingerprint density at radius 3 is 2.38 bits per heavy atom. The normalized spacial score (nSPS) is 17.5. The third kappa shape index (κ3) is 6.04. The molecule has 8 nitrogen and oxygen atoms in total. The van der Waals surface area contributed by atoms with Crippen LogP contribution in [0.3, 0.4) is 0 Å². The fourth-order valence-electron chi connectivity index (χ4n) is 5.24. The first kappa shape index (κ1) is 26.2. The van der Waals surface area contributed by atoms with Crippen LogP contribution in [-0.4, -0.2) is 39.2 Å². The molecule has 200 valence electrons. The van der Waals surface area contributed by atoms with Crippen molar-refractivity contribution in [2.24, 2.45) is 0 Å². The number of alkyl carbamates (subject to hydrolysis) is 1. The number of aromatic nitrogens is 2.